The zero-order valence-electron chi connectivity index (χ0n) is 10.8. The molecule has 0 spiro atoms. The second-order valence-electron chi connectivity index (χ2n) is 4.29. The van der Waals surface area contributed by atoms with Crippen LogP contribution in [0.2, 0.25) is 0 Å². The van der Waals surface area contributed by atoms with E-state index in [1.807, 2.05) is 13.0 Å². The van der Waals surface area contributed by atoms with E-state index in [0.717, 1.165) is 5.56 Å². The van der Waals surface area contributed by atoms with E-state index in [1.54, 1.807) is 13.0 Å². The minimum absolute atomic E-state index is 0.0402. The number of pyridine rings is 1. The Morgan fingerprint density at radius 1 is 1.35 bits per heavy atom. The van der Waals surface area contributed by atoms with Gasteiger partial charge in [0.25, 0.3) is 10.0 Å². The first-order chi connectivity index (χ1) is 9.31. The van der Waals surface area contributed by atoms with Crippen molar-refractivity contribution in [3.63, 3.8) is 0 Å². The number of nitrogens with zero attached hydrogens (tertiary/aromatic N) is 1. The normalized spacial score (nSPS) is 11.6. The molecule has 0 saturated carbocycles. The Hall–Kier alpha value is -1.38. The number of sulfonamides is 1. The third kappa shape index (κ3) is 3.20. The molecule has 2 aromatic heterocycles. The van der Waals surface area contributed by atoms with Gasteiger partial charge < -0.3 is 9.52 Å². The summed E-state index contributed by atoms with van der Waals surface area (Å²) in [6.07, 6.45) is 0. The van der Waals surface area contributed by atoms with E-state index in [-0.39, 0.29) is 27.7 Å². The van der Waals surface area contributed by atoms with Gasteiger partial charge in [0.15, 0.2) is 4.67 Å². The van der Waals surface area contributed by atoms with E-state index in [0.29, 0.717) is 5.69 Å². The number of halogens is 1. The summed E-state index contributed by atoms with van der Waals surface area (Å²) in [4.78, 5) is 4.03. The van der Waals surface area contributed by atoms with Crippen LogP contribution in [0.5, 0.6) is 0 Å². The third-order valence-electron chi connectivity index (χ3n) is 2.49. The number of hydrogen-bond acceptors (Lipinski definition) is 5. The van der Waals surface area contributed by atoms with Gasteiger partial charge in [-0.3, -0.25) is 4.72 Å². The zero-order valence-corrected chi connectivity index (χ0v) is 13.2. The smallest absolute Gasteiger partial charge is 0.267 e. The highest BCUT2D eigenvalue weighted by Gasteiger charge is 2.23. The Kier molecular flexibility index (Phi) is 4.17. The maximum absolute atomic E-state index is 12.3. The fraction of sp³-hybridized carbons (Fsp3) is 0.250. The van der Waals surface area contributed by atoms with E-state index in [2.05, 4.69) is 25.6 Å². The van der Waals surface area contributed by atoms with Crippen LogP contribution in [0.3, 0.4) is 0 Å². The van der Waals surface area contributed by atoms with Crippen LogP contribution in [-0.2, 0) is 16.6 Å². The van der Waals surface area contributed by atoms with Crippen LogP contribution >= 0.6 is 15.9 Å². The molecule has 2 aromatic rings. The standard InChI is InChI=1S/C12H13BrN2O4S/c1-7-3-8(2)14-11(4-7)15-20(17,18)10-5-9(6-16)19-12(10)13/h3-5,16H,6H2,1-2H3,(H,14,15). The fourth-order valence-electron chi connectivity index (χ4n) is 1.75. The van der Waals surface area contributed by atoms with Crippen molar-refractivity contribution in [2.24, 2.45) is 0 Å². The molecule has 20 heavy (non-hydrogen) atoms. The molecule has 2 N–H and O–H groups in total. The van der Waals surface area contributed by atoms with Gasteiger partial charge in [-0.2, -0.15) is 0 Å². The third-order valence-corrected chi connectivity index (χ3v) is 4.70. The number of aryl methyl sites for hydroxylation is 2. The first kappa shape index (κ1) is 15.0. The van der Waals surface area contributed by atoms with E-state index < -0.39 is 10.0 Å². The number of rotatable bonds is 4. The van der Waals surface area contributed by atoms with Crippen molar-refractivity contribution in [2.75, 3.05) is 4.72 Å². The minimum atomic E-state index is -3.83. The van der Waals surface area contributed by atoms with E-state index >= 15 is 0 Å². The van der Waals surface area contributed by atoms with Gasteiger partial charge in [-0.15, -0.1) is 0 Å². The lowest BCUT2D eigenvalue weighted by atomic mass is 10.2. The molecule has 0 bridgehead atoms. The van der Waals surface area contributed by atoms with E-state index in [9.17, 15) is 8.42 Å². The molecule has 0 amide bonds. The van der Waals surface area contributed by atoms with Gasteiger partial charge in [0.05, 0.1) is 0 Å². The van der Waals surface area contributed by atoms with Crippen LogP contribution in [0.25, 0.3) is 0 Å². The summed E-state index contributed by atoms with van der Waals surface area (Å²) in [6, 6.07) is 4.73. The Labute approximate surface area is 125 Å². The highest BCUT2D eigenvalue weighted by molar-refractivity contribution is 9.10. The summed E-state index contributed by atoms with van der Waals surface area (Å²) in [7, 11) is -3.83. The SMILES string of the molecule is Cc1cc(C)nc(NS(=O)(=O)c2cc(CO)oc2Br)c1. The van der Waals surface area contributed by atoms with Gasteiger partial charge in [-0.05, 0) is 47.5 Å². The summed E-state index contributed by atoms with van der Waals surface area (Å²) >= 11 is 3.02. The second kappa shape index (κ2) is 5.55. The quantitative estimate of drug-likeness (QED) is 0.872. The molecule has 0 fully saturated rings. The summed E-state index contributed by atoms with van der Waals surface area (Å²) in [6.45, 7) is 3.25. The van der Waals surface area contributed by atoms with E-state index in [1.165, 1.54) is 6.07 Å². The molecule has 108 valence electrons. The second-order valence-corrected chi connectivity index (χ2v) is 6.66. The number of aromatic nitrogens is 1. The molecule has 6 nitrogen and oxygen atoms in total. The lowest BCUT2D eigenvalue weighted by Gasteiger charge is -2.07. The molecule has 0 unspecified atom stereocenters. The molecule has 0 radical (unpaired) electrons. The molecule has 0 aliphatic carbocycles. The Morgan fingerprint density at radius 2 is 2.05 bits per heavy atom. The van der Waals surface area contributed by atoms with Crippen molar-refractivity contribution >= 4 is 31.8 Å². The van der Waals surface area contributed by atoms with Gasteiger partial charge in [-0.1, -0.05) is 0 Å². The number of anilines is 1. The predicted octanol–water partition coefficient (Wildman–Crippen LogP) is 2.35. The maximum Gasteiger partial charge on any atom is 0.267 e. The van der Waals surface area contributed by atoms with Crippen LogP contribution in [0.15, 0.2) is 32.2 Å². The number of aliphatic hydroxyl groups excluding tert-OH is 1. The Bertz CT molecular complexity index is 720. The summed E-state index contributed by atoms with van der Waals surface area (Å²) in [5, 5.41) is 8.96. The first-order valence-electron chi connectivity index (χ1n) is 5.69. The molecule has 8 heteroatoms. The van der Waals surface area contributed by atoms with Crippen molar-refractivity contribution in [3.8, 4) is 0 Å². The highest BCUT2D eigenvalue weighted by atomic mass is 79.9. The largest absolute Gasteiger partial charge is 0.450 e. The van der Waals surface area contributed by atoms with Crippen molar-refractivity contribution in [3.05, 3.63) is 39.9 Å². The highest BCUT2D eigenvalue weighted by Crippen LogP contribution is 2.27. The fourth-order valence-corrected chi connectivity index (χ4v) is 3.74. The monoisotopic (exact) mass is 360 g/mol. The number of nitrogens with one attached hydrogen (secondary N) is 1. The molecular weight excluding hydrogens is 348 g/mol. The minimum Gasteiger partial charge on any atom is -0.450 e. The van der Waals surface area contributed by atoms with Gasteiger partial charge in [0.2, 0.25) is 0 Å². The number of hydrogen-bond donors (Lipinski definition) is 2. The molecule has 0 aromatic carbocycles. The van der Waals surface area contributed by atoms with Crippen molar-refractivity contribution < 1.29 is 17.9 Å². The van der Waals surface area contributed by atoms with Gasteiger partial charge in [0, 0.05) is 11.8 Å². The first-order valence-corrected chi connectivity index (χ1v) is 7.96. The average molecular weight is 361 g/mol. The lowest BCUT2D eigenvalue weighted by molar-refractivity contribution is 0.245. The van der Waals surface area contributed by atoms with Gasteiger partial charge in [-0.25, -0.2) is 13.4 Å². The number of furan rings is 1. The zero-order chi connectivity index (χ0) is 14.9. The van der Waals surface area contributed by atoms with Crippen LogP contribution in [0.1, 0.15) is 17.0 Å². The maximum atomic E-state index is 12.3. The molecular formula is C12H13BrN2O4S. The average Bonchev–Trinajstić information content (AvgIpc) is 2.69. The predicted molar refractivity (Wildman–Crippen MR) is 76.9 cm³/mol. The Morgan fingerprint density at radius 3 is 2.60 bits per heavy atom. The van der Waals surface area contributed by atoms with Crippen LogP contribution in [-0.4, -0.2) is 18.5 Å². The molecule has 0 aliphatic rings. The summed E-state index contributed by atoms with van der Waals surface area (Å²) in [5.74, 6) is 0.395. The van der Waals surface area contributed by atoms with Crippen LogP contribution < -0.4 is 4.72 Å². The van der Waals surface area contributed by atoms with Crippen LogP contribution in [0.4, 0.5) is 5.82 Å². The molecule has 0 aliphatic heterocycles. The number of aliphatic hydroxyl groups is 1. The van der Waals surface area contributed by atoms with Crippen LogP contribution in [0, 0.1) is 13.8 Å². The summed E-state index contributed by atoms with van der Waals surface area (Å²) in [5.41, 5.74) is 1.61. The molecule has 0 saturated heterocycles. The lowest BCUT2D eigenvalue weighted by Crippen LogP contribution is -2.14. The van der Waals surface area contributed by atoms with Gasteiger partial charge >= 0.3 is 0 Å². The van der Waals surface area contributed by atoms with E-state index in [4.69, 9.17) is 9.52 Å². The van der Waals surface area contributed by atoms with Crippen molar-refractivity contribution in [1.29, 1.82) is 0 Å². The molecule has 2 rings (SSSR count). The summed E-state index contributed by atoms with van der Waals surface area (Å²) < 4.78 is 32.0. The topological polar surface area (TPSA) is 92.4 Å². The Balaban J connectivity index is 2.37. The van der Waals surface area contributed by atoms with Crippen molar-refractivity contribution in [1.82, 2.24) is 4.98 Å². The van der Waals surface area contributed by atoms with Crippen molar-refractivity contribution in [2.45, 2.75) is 25.3 Å². The molecule has 0 atom stereocenters. The van der Waals surface area contributed by atoms with Gasteiger partial charge in [0.1, 0.15) is 23.1 Å². The molecule has 2 heterocycles.